The molecular formula is C14H14N2O3. The van der Waals surface area contributed by atoms with E-state index in [1.807, 2.05) is 6.92 Å². The number of hydrogen-bond acceptors (Lipinski definition) is 4. The molecule has 19 heavy (non-hydrogen) atoms. The smallest absolute Gasteiger partial charge is 0.243 e. The molecule has 0 N–H and O–H groups in total. The molecule has 2 fully saturated rings. The summed E-state index contributed by atoms with van der Waals surface area (Å²) in [7, 11) is 0. The van der Waals surface area contributed by atoms with Crippen LogP contribution in [0.4, 0.5) is 5.88 Å². The number of fused-ring (bicyclic) bond motifs is 5. The lowest BCUT2D eigenvalue weighted by Gasteiger charge is -2.14. The summed E-state index contributed by atoms with van der Waals surface area (Å²) < 4.78 is 5.19. The minimum Gasteiger partial charge on any atom is -0.337 e. The van der Waals surface area contributed by atoms with Gasteiger partial charge in [-0.2, -0.15) is 0 Å². The number of allylic oxidation sites excluding steroid dienone is 2. The maximum absolute atomic E-state index is 12.5. The zero-order chi connectivity index (χ0) is 13.3. The predicted molar refractivity (Wildman–Crippen MR) is 66.2 cm³/mol. The molecule has 5 heteroatoms. The second kappa shape index (κ2) is 3.35. The zero-order valence-electron chi connectivity index (χ0n) is 10.8. The normalized spacial score (nSPS) is 35.6. The molecule has 1 aromatic rings. The summed E-state index contributed by atoms with van der Waals surface area (Å²) in [5.74, 6) is 0.139. The number of hydrogen-bond donors (Lipinski definition) is 0. The van der Waals surface area contributed by atoms with E-state index >= 15 is 0 Å². The molecule has 1 saturated heterocycles. The van der Waals surface area contributed by atoms with Gasteiger partial charge in [-0.1, -0.05) is 17.3 Å². The average Bonchev–Trinajstić information content (AvgIpc) is 3.10. The molecule has 4 rings (SSSR count). The number of imide groups is 1. The molecular weight excluding hydrogens is 244 g/mol. The minimum atomic E-state index is -0.188. The second-order valence-corrected chi connectivity index (χ2v) is 5.71. The summed E-state index contributed by atoms with van der Waals surface area (Å²) in [6, 6.07) is 0. The summed E-state index contributed by atoms with van der Waals surface area (Å²) in [5, 5.41) is 3.84. The van der Waals surface area contributed by atoms with Crippen molar-refractivity contribution in [1.29, 1.82) is 0 Å². The standard InChI is InChI=1S/C14H14N2O3/c1-6-7(2)15-19-14(6)16-12(17)10-8-3-4-9(5-8)11(10)13(16)18/h3-4,8-11H,5H2,1-2H3/t8-,9-,10-,11+/m1/s1. The van der Waals surface area contributed by atoms with Gasteiger partial charge >= 0.3 is 0 Å². The van der Waals surface area contributed by atoms with E-state index in [1.54, 1.807) is 6.92 Å². The van der Waals surface area contributed by atoms with Gasteiger partial charge in [0.1, 0.15) is 0 Å². The fourth-order valence-electron chi connectivity index (χ4n) is 3.71. The third-order valence-corrected chi connectivity index (χ3v) is 4.81. The van der Waals surface area contributed by atoms with Crippen molar-refractivity contribution in [3.8, 4) is 0 Å². The highest BCUT2D eigenvalue weighted by molar-refractivity contribution is 6.22. The van der Waals surface area contributed by atoms with E-state index in [0.717, 1.165) is 12.0 Å². The van der Waals surface area contributed by atoms with E-state index < -0.39 is 0 Å². The van der Waals surface area contributed by atoms with Gasteiger partial charge in [-0.3, -0.25) is 9.59 Å². The first kappa shape index (κ1) is 11.0. The number of carbonyl (C=O) groups is 2. The molecule has 0 unspecified atom stereocenters. The maximum atomic E-state index is 12.5. The lowest BCUT2D eigenvalue weighted by Crippen LogP contribution is -2.33. The number of aryl methyl sites for hydroxylation is 1. The van der Waals surface area contributed by atoms with Crippen LogP contribution in [0.2, 0.25) is 0 Å². The lowest BCUT2D eigenvalue weighted by molar-refractivity contribution is -0.123. The molecule has 98 valence electrons. The van der Waals surface area contributed by atoms with Crippen molar-refractivity contribution in [2.75, 3.05) is 4.90 Å². The molecule has 5 nitrogen and oxygen atoms in total. The van der Waals surface area contributed by atoms with E-state index in [9.17, 15) is 9.59 Å². The molecule has 1 saturated carbocycles. The van der Waals surface area contributed by atoms with Crippen LogP contribution in [0.1, 0.15) is 17.7 Å². The maximum Gasteiger partial charge on any atom is 0.243 e. The summed E-state index contributed by atoms with van der Waals surface area (Å²) in [5.41, 5.74) is 1.48. The number of rotatable bonds is 1. The van der Waals surface area contributed by atoms with Crippen LogP contribution in [0, 0.1) is 37.5 Å². The third kappa shape index (κ3) is 1.18. The minimum absolute atomic E-state index is 0.119. The van der Waals surface area contributed by atoms with Crippen molar-refractivity contribution in [2.45, 2.75) is 20.3 Å². The van der Waals surface area contributed by atoms with E-state index in [1.165, 1.54) is 4.90 Å². The molecule has 1 aromatic heterocycles. The molecule has 0 spiro atoms. The van der Waals surface area contributed by atoms with Gasteiger partial charge in [0.25, 0.3) is 0 Å². The first-order chi connectivity index (χ1) is 9.09. The molecule has 4 atom stereocenters. The molecule has 2 aliphatic carbocycles. The van der Waals surface area contributed by atoms with Crippen LogP contribution in [-0.2, 0) is 9.59 Å². The topological polar surface area (TPSA) is 63.4 Å². The number of amides is 2. The van der Waals surface area contributed by atoms with Crippen molar-refractivity contribution in [2.24, 2.45) is 23.7 Å². The van der Waals surface area contributed by atoms with Crippen LogP contribution in [0.25, 0.3) is 0 Å². The quantitative estimate of drug-likeness (QED) is 0.567. The predicted octanol–water partition coefficient (Wildman–Crippen LogP) is 1.60. The molecule has 0 aromatic carbocycles. The Hall–Kier alpha value is -1.91. The molecule has 2 heterocycles. The fraction of sp³-hybridized carbons (Fsp3) is 0.500. The molecule has 1 aliphatic heterocycles. The van der Waals surface area contributed by atoms with E-state index in [2.05, 4.69) is 17.3 Å². The van der Waals surface area contributed by atoms with Gasteiger partial charge in [0.15, 0.2) is 0 Å². The zero-order valence-corrected chi connectivity index (χ0v) is 10.8. The number of aromatic nitrogens is 1. The molecule has 2 amide bonds. The van der Waals surface area contributed by atoms with Crippen LogP contribution in [0.3, 0.4) is 0 Å². The monoisotopic (exact) mass is 258 g/mol. The number of nitrogens with zero attached hydrogens (tertiary/aromatic N) is 2. The van der Waals surface area contributed by atoms with Crippen LogP contribution < -0.4 is 4.90 Å². The summed E-state index contributed by atoms with van der Waals surface area (Å²) in [6.45, 7) is 3.63. The van der Waals surface area contributed by atoms with E-state index in [-0.39, 0.29) is 35.5 Å². The Bertz CT molecular complexity index is 601. The molecule has 3 aliphatic rings. The van der Waals surface area contributed by atoms with Crippen molar-refractivity contribution in [1.82, 2.24) is 5.16 Å². The Balaban J connectivity index is 1.79. The van der Waals surface area contributed by atoms with Gasteiger partial charge in [-0.25, -0.2) is 4.90 Å². The van der Waals surface area contributed by atoms with Crippen molar-refractivity contribution >= 4 is 17.7 Å². The van der Waals surface area contributed by atoms with Gasteiger partial charge in [0.2, 0.25) is 17.7 Å². The highest BCUT2D eigenvalue weighted by Gasteiger charge is 2.60. The Morgan fingerprint density at radius 1 is 1.16 bits per heavy atom. The number of carbonyl (C=O) groups excluding carboxylic acids is 2. The average molecular weight is 258 g/mol. The highest BCUT2D eigenvalue weighted by atomic mass is 16.5. The van der Waals surface area contributed by atoms with Crippen molar-refractivity contribution in [3.05, 3.63) is 23.4 Å². The van der Waals surface area contributed by atoms with Crippen LogP contribution in [0.5, 0.6) is 0 Å². The van der Waals surface area contributed by atoms with Crippen LogP contribution in [0.15, 0.2) is 16.7 Å². The summed E-state index contributed by atoms with van der Waals surface area (Å²) >= 11 is 0. The highest BCUT2D eigenvalue weighted by Crippen LogP contribution is 2.53. The van der Waals surface area contributed by atoms with Crippen LogP contribution >= 0.6 is 0 Å². The SMILES string of the molecule is Cc1noc(N2C(=O)[C@@H]3[C@H](C2=O)[C@@H]2C=C[C@@H]3C2)c1C. The third-order valence-electron chi connectivity index (χ3n) is 4.81. The van der Waals surface area contributed by atoms with Crippen LogP contribution in [-0.4, -0.2) is 17.0 Å². The largest absolute Gasteiger partial charge is 0.337 e. The van der Waals surface area contributed by atoms with Crippen molar-refractivity contribution in [3.63, 3.8) is 0 Å². The number of anilines is 1. The van der Waals surface area contributed by atoms with Gasteiger partial charge in [-0.05, 0) is 32.1 Å². The van der Waals surface area contributed by atoms with Gasteiger partial charge < -0.3 is 4.52 Å². The Morgan fingerprint density at radius 2 is 1.74 bits per heavy atom. The fourth-order valence-corrected chi connectivity index (χ4v) is 3.71. The lowest BCUT2D eigenvalue weighted by atomic mass is 9.85. The van der Waals surface area contributed by atoms with Gasteiger partial charge in [-0.15, -0.1) is 0 Å². The Morgan fingerprint density at radius 3 is 2.21 bits per heavy atom. The Labute approximate surface area is 110 Å². The first-order valence-electron chi connectivity index (χ1n) is 6.58. The molecule has 2 bridgehead atoms. The van der Waals surface area contributed by atoms with Crippen molar-refractivity contribution < 1.29 is 14.1 Å². The van der Waals surface area contributed by atoms with Gasteiger partial charge in [0.05, 0.1) is 17.5 Å². The first-order valence-corrected chi connectivity index (χ1v) is 6.58. The van der Waals surface area contributed by atoms with Gasteiger partial charge in [0, 0.05) is 5.56 Å². The Kier molecular flexibility index (Phi) is 1.93. The van der Waals surface area contributed by atoms with E-state index in [4.69, 9.17) is 4.52 Å². The summed E-state index contributed by atoms with van der Waals surface area (Å²) in [4.78, 5) is 26.3. The second-order valence-electron chi connectivity index (χ2n) is 5.71. The summed E-state index contributed by atoms with van der Waals surface area (Å²) in [6.07, 6.45) is 5.10. The molecule has 0 radical (unpaired) electrons. The van der Waals surface area contributed by atoms with E-state index in [0.29, 0.717) is 11.6 Å².